The second-order valence-electron chi connectivity index (χ2n) is 6.96. The standard InChI is InChI=1S/C20H23N3O2/c1-20(2,3)25-19(24)23(15-9-5-4-6-10-15)18-16(11-7-14-22-18)17-12-8-13-21-17/h4-7,9-11,14H,8,12-13H2,1-3H3. The number of aromatic nitrogens is 1. The van der Waals surface area contributed by atoms with Gasteiger partial charge in [-0.15, -0.1) is 0 Å². The molecule has 0 unspecified atom stereocenters. The molecule has 2 aromatic rings. The Labute approximate surface area is 148 Å². The number of para-hydroxylation sites is 1. The summed E-state index contributed by atoms with van der Waals surface area (Å²) in [4.78, 5) is 23.5. The number of nitrogens with zero attached hydrogens (tertiary/aromatic N) is 3. The highest BCUT2D eigenvalue weighted by Gasteiger charge is 2.28. The van der Waals surface area contributed by atoms with Crippen LogP contribution in [0.25, 0.3) is 0 Å². The summed E-state index contributed by atoms with van der Waals surface area (Å²) in [5, 5.41) is 0. The Bertz CT molecular complexity index is 779. The van der Waals surface area contributed by atoms with Gasteiger partial charge in [-0.05, 0) is 57.9 Å². The largest absolute Gasteiger partial charge is 0.443 e. The number of amides is 1. The van der Waals surface area contributed by atoms with Gasteiger partial charge in [0.05, 0.1) is 5.69 Å². The molecule has 1 aliphatic heterocycles. The minimum absolute atomic E-state index is 0.447. The van der Waals surface area contributed by atoms with Crippen LogP contribution in [0.3, 0.4) is 0 Å². The molecule has 0 radical (unpaired) electrons. The Kier molecular flexibility index (Phi) is 4.83. The zero-order valence-electron chi connectivity index (χ0n) is 14.9. The molecule has 1 amide bonds. The molecule has 0 N–H and O–H groups in total. The maximum atomic E-state index is 13.0. The van der Waals surface area contributed by atoms with E-state index in [0.29, 0.717) is 5.82 Å². The monoisotopic (exact) mass is 337 g/mol. The Morgan fingerprint density at radius 3 is 2.52 bits per heavy atom. The van der Waals surface area contributed by atoms with Crippen molar-refractivity contribution in [2.45, 2.75) is 39.2 Å². The highest BCUT2D eigenvalue weighted by atomic mass is 16.6. The van der Waals surface area contributed by atoms with Crippen molar-refractivity contribution in [3.8, 4) is 0 Å². The molecule has 130 valence electrons. The van der Waals surface area contributed by atoms with E-state index in [4.69, 9.17) is 4.74 Å². The van der Waals surface area contributed by atoms with Crippen LogP contribution in [-0.2, 0) is 4.74 Å². The van der Waals surface area contributed by atoms with E-state index in [1.54, 1.807) is 6.20 Å². The topological polar surface area (TPSA) is 54.8 Å². The molecule has 0 saturated heterocycles. The fourth-order valence-electron chi connectivity index (χ4n) is 2.76. The predicted octanol–water partition coefficient (Wildman–Crippen LogP) is 4.74. The highest BCUT2D eigenvalue weighted by molar-refractivity contribution is 6.09. The lowest BCUT2D eigenvalue weighted by atomic mass is 10.1. The van der Waals surface area contributed by atoms with Crippen LogP contribution in [0.5, 0.6) is 0 Å². The van der Waals surface area contributed by atoms with Crippen LogP contribution in [0.4, 0.5) is 16.3 Å². The average molecular weight is 337 g/mol. The van der Waals surface area contributed by atoms with Gasteiger partial charge in [0.2, 0.25) is 0 Å². The molecule has 0 aliphatic carbocycles. The van der Waals surface area contributed by atoms with Gasteiger partial charge < -0.3 is 4.74 Å². The molecule has 0 spiro atoms. The van der Waals surface area contributed by atoms with E-state index >= 15 is 0 Å². The van der Waals surface area contributed by atoms with Gasteiger partial charge in [0.15, 0.2) is 5.82 Å². The minimum Gasteiger partial charge on any atom is -0.443 e. The Morgan fingerprint density at radius 2 is 1.88 bits per heavy atom. The smallest absolute Gasteiger partial charge is 0.420 e. The second-order valence-corrected chi connectivity index (χ2v) is 6.96. The molecule has 0 saturated carbocycles. The molecular formula is C20H23N3O2. The first kappa shape index (κ1) is 17.1. The molecule has 1 aromatic carbocycles. The maximum Gasteiger partial charge on any atom is 0.420 e. The van der Waals surface area contributed by atoms with E-state index < -0.39 is 11.7 Å². The third kappa shape index (κ3) is 4.05. The van der Waals surface area contributed by atoms with E-state index in [2.05, 4.69) is 9.98 Å². The SMILES string of the molecule is CC(C)(C)OC(=O)N(c1ccccc1)c1ncccc1C1=NCCC1. The van der Waals surface area contributed by atoms with Crippen LogP contribution in [0, 0.1) is 0 Å². The molecule has 1 aromatic heterocycles. The number of anilines is 2. The molecule has 5 nitrogen and oxygen atoms in total. The van der Waals surface area contributed by atoms with E-state index in [-0.39, 0.29) is 0 Å². The quantitative estimate of drug-likeness (QED) is 0.813. The second kappa shape index (κ2) is 7.05. The van der Waals surface area contributed by atoms with Gasteiger partial charge in [-0.3, -0.25) is 4.99 Å². The fourth-order valence-corrected chi connectivity index (χ4v) is 2.76. The summed E-state index contributed by atoms with van der Waals surface area (Å²) in [6.45, 7) is 6.39. The number of hydrogen-bond acceptors (Lipinski definition) is 4. The number of carbonyl (C=O) groups is 1. The molecule has 0 bridgehead atoms. The summed E-state index contributed by atoms with van der Waals surface area (Å²) in [5.41, 5.74) is 2.00. The number of aliphatic imine (C=N–C) groups is 1. The first-order chi connectivity index (χ1) is 12.0. The Morgan fingerprint density at radius 1 is 1.12 bits per heavy atom. The normalized spacial score (nSPS) is 14.1. The van der Waals surface area contributed by atoms with Crippen molar-refractivity contribution in [2.75, 3.05) is 11.4 Å². The molecule has 1 aliphatic rings. The van der Waals surface area contributed by atoms with E-state index in [0.717, 1.165) is 36.3 Å². The van der Waals surface area contributed by atoms with Gasteiger partial charge in [0.25, 0.3) is 0 Å². The summed E-state index contributed by atoms with van der Waals surface area (Å²) >= 11 is 0. The van der Waals surface area contributed by atoms with Gasteiger partial charge in [-0.2, -0.15) is 0 Å². The van der Waals surface area contributed by atoms with Crippen LogP contribution in [0.1, 0.15) is 39.2 Å². The van der Waals surface area contributed by atoms with Gasteiger partial charge >= 0.3 is 6.09 Å². The number of benzene rings is 1. The van der Waals surface area contributed by atoms with E-state index in [1.807, 2.05) is 63.2 Å². The number of hydrogen-bond donors (Lipinski definition) is 0. The number of ether oxygens (including phenoxy) is 1. The Balaban J connectivity index is 2.08. The van der Waals surface area contributed by atoms with Crippen molar-refractivity contribution >= 4 is 23.3 Å². The summed E-state index contributed by atoms with van der Waals surface area (Å²) < 4.78 is 5.63. The zero-order chi connectivity index (χ0) is 17.9. The van der Waals surface area contributed by atoms with Crippen molar-refractivity contribution < 1.29 is 9.53 Å². The molecular weight excluding hydrogens is 314 g/mol. The molecule has 0 fully saturated rings. The van der Waals surface area contributed by atoms with Crippen molar-refractivity contribution in [3.63, 3.8) is 0 Å². The van der Waals surface area contributed by atoms with Crippen molar-refractivity contribution in [1.82, 2.24) is 4.98 Å². The molecule has 0 atom stereocenters. The van der Waals surface area contributed by atoms with Crippen LogP contribution in [-0.4, -0.2) is 28.9 Å². The van der Waals surface area contributed by atoms with Crippen LogP contribution in [0.2, 0.25) is 0 Å². The summed E-state index contributed by atoms with van der Waals surface area (Å²) in [7, 11) is 0. The number of rotatable bonds is 3. The molecule has 5 heteroatoms. The summed E-state index contributed by atoms with van der Waals surface area (Å²) in [5.74, 6) is 0.559. The molecule has 25 heavy (non-hydrogen) atoms. The summed E-state index contributed by atoms with van der Waals surface area (Å²) in [6, 6.07) is 13.3. The minimum atomic E-state index is -0.593. The van der Waals surface area contributed by atoms with Gasteiger partial charge in [-0.25, -0.2) is 14.7 Å². The molecule has 3 rings (SSSR count). The lowest BCUT2D eigenvalue weighted by molar-refractivity contribution is 0.0598. The van der Waals surface area contributed by atoms with Crippen LogP contribution < -0.4 is 4.90 Å². The predicted molar refractivity (Wildman–Crippen MR) is 99.7 cm³/mol. The number of pyridine rings is 1. The van der Waals surface area contributed by atoms with Gasteiger partial charge in [0, 0.05) is 24.0 Å². The lowest BCUT2D eigenvalue weighted by Gasteiger charge is -2.28. The van der Waals surface area contributed by atoms with Crippen molar-refractivity contribution in [1.29, 1.82) is 0 Å². The van der Waals surface area contributed by atoms with E-state index in [9.17, 15) is 4.79 Å². The molecule has 2 heterocycles. The van der Waals surface area contributed by atoms with Crippen molar-refractivity contribution in [3.05, 3.63) is 54.2 Å². The fraction of sp³-hybridized carbons (Fsp3) is 0.350. The van der Waals surface area contributed by atoms with Gasteiger partial charge in [-0.1, -0.05) is 18.2 Å². The number of carbonyl (C=O) groups excluding carboxylic acids is 1. The first-order valence-corrected chi connectivity index (χ1v) is 8.52. The first-order valence-electron chi connectivity index (χ1n) is 8.52. The summed E-state index contributed by atoms with van der Waals surface area (Å²) in [6.07, 6.45) is 3.17. The third-order valence-electron chi connectivity index (χ3n) is 3.77. The Hall–Kier alpha value is -2.69. The van der Waals surface area contributed by atoms with Crippen LogP contribution in [0.15, 0.2) is 53.7 Å². The lowest BCUT2D eigenvalue weighted by Crippen LogP contribution is -2.35. The van der Waals surface area contributed by atoms with Crippen molar-refractivity contribution in [2.24, 2.45) is 4.99 Å². The third-order valence-corrected chi connectivity index (χ3v) is 3.77. The zero-order valence-corrected chi connectivity index (χ0v) is 14.9. The van der Waals surface area contributed by atoms with E-state index in [1.165, 1.54) is 4.90 Å². The average Bonchev–Trinajstić information content (AvgIpc) is 3.09. The van der Waals surface area contributed by atoms with Crippen LogP contribution >= 0.6 is 0 Å². The highest BCUT2D eigenvalue weighted by Crippen LogP contribution is 2.30. The maximum absolute atomic E-state index is 13.0. The van der Waals surface area contributed by atoms with Gasteiger partial charge in [0.1, 0.15) is 5.60 Å².